The normalized spacial score (nSPS) is 21.0. The lowest BCUT2D eigenvalue weighted by atomic mass is 9.73. The lowest BCUT2D eigenvalue weighted by Crippen LogP contribution is -2.45. The molecule has 2 aromatic rings. The molecule has 1 aliphatic rings. The standard InChI is InChI=1S/C27H29ClO5/c1-4-17-26(18-16-20-10-8-7-9-11-20)19-27(24(29)31-5-2,25(30)32-6-3)23(33-26)21-12-14-22(28)15-13-21/h7-15,23H,4-6,17,19H2,1-3H3/t23-,26-/m1/s1. The Bertz CT molecular complexity index is 1000. The van der Waals surface area contributed by atoms with Gasteiger partial charge in [0.25, 0.3) is 0 Å². The van der Waals surface area contributed by atoms with E-state index in [2.05, 4.69) is 11.8 Å². The monoisotopic (exact) mass is 468 g/mol. The number of hydrogen-bond donors (Lipinski definition) is 0. The van der Waals surface area contributed by atoms with E-state index in [4.69, 9.17) is 25.8 Å². The summed E-state index contributed by atoms with van der Waals surface area (Å²) in [5, 5.41) is 0.540. The van der Waals surface area contributed by atoms with Crippen molar-refractivity contribution in [3.63, 3.8) is 0 Å². The van der Waals surface area contributed by atoms with Crippen molar-refractivity contribution < 1.29 is 23.8 Å². The van der Waals surface area contributed by atoms with Crippen LogP contribution in [-0.2, 0) is 23.8 Å². The SMILES string of the molecule is CCC[C@@]1(C#Cc2ccccc2)CC(C(=O)OCC)(C(=O)OCC)[C@@H](c2ccc(Cl)cc2)O1. The second-order valence-corrected chi connectivity index (χ2v) is 8.44. The van der Waals surface area contributed by atoms with E-state index in [-0.39, 0.29) is 19.6 Å². The van der Waals surface area contributed by atoms with Crippen molar-refractivity contribution >= 4 is 23.5 Å². The van der Waals surface area contributed by atoms with Gasteiger partial charge in [0.15, 0.2) is 5.41 Å². The fraction of sp³-hybridized carbons (Fsp3) is 0.407. The van der Waals surface area contributed by atoms with Crippen molar-refractivity contribution in [1.82, 2.24) is 0 Å². The van der Waals surface area contributed by atoms with Gasteiger partial charge in [-0.25, -0.2) is 0 Å². The van der Waals surface area contributed by atoms with Crippen LogP contribution in [0.25, 0.3) is 0 Å². The smallest absolute Gasteiger partial charge is 0.326 e. The molecule has 2 aromatic carbocycles. The molecule has 0 saturated carbocycles. The van der Waals surface area contributed by atoms with Crippen LogP contribution in [0.15, 0.2) is 54.6 Å². The molecule has 1 saturated heterocycles. The quantitative estimate of drug-likeness (QED) is 0.305. The van der Waals surface area contributed by atoms with Crippen LogP contribution in [0.5, 0.6) is 0 Å². The molecule has 5 nitrogen and oxygen atoms in total. The molecule has 1 fully saturated rings. The molecule has 0 aliphatic carbocycles. The molecule has 0 aromatic heterocycles. The van der Waals surface area contributed by atoms with Gasteiger partial charge in [-0.05, 0) is 50.1 Å². The Balaban J connectivity index is 2.18. The van der Waals surface area contributed by atoms with Gasteiger partial charge in [-0.1, -0.05) is 67.1 Å². The summed E-state index contributed by atoms with van der Waals surface area (Å²) in [5.41, 5.74) is -1.25. The van der Waals surface area contributed by atoms with Crippen molar-refractivity contribution in [3.8, 4) is 11.8 Å². The molecule has 2 atom stereocenters. The molecule has 0 bridgehead atoms. The zero-order valence-corrected chi connectivity index (χ0v) is 20.0. The van der Waals surface area contributed by atoms with E-state index in [1.165, 1.54) is 0 Å². The third-order valence-electron chi connectivity index (χ3n) is 5.67. The first-order chi connectivity index (χ1) is 15.9. The molecular weight excluding hydrogens is 440 g/mol. The number of halogens is 1. The average molecular weight is 469 g/mol. The van der Waals surface area contributed by atoms with Crippen molar-refractivity contribution in [2.75, 3.05) is 13.2 Å². The largest absolute Gasteiger partial charge is 0.465 e. The van der Waals surface area contributed by atoms with Crippen molar-refractivity contribution in [2.45, 2.75) is 51.7 Å². The van der Waals surface area contributed by atoms with Gasteiger partial charge in [-0.3, -0.25) is 9.59 Å². The second kappa shape index (κ2) is 10.9. The summed E-state index contributed by atoms with van der Waals surface area (Å²) in [4.78, 5) is 26.8. The van der Waals surface area contributed by atoms with Gasteiger partial charge < -0.3 is 14.2 Å². The highest BCUT2D eigenvalue weighted by atomic mass is 35.5. The summed E-state index contributed by atoms with van der Waals surface area (Å²) < 4.78 is 17.4. The predicted molar refractivity (Wildman–Crippen MR) is 127 cm³/mol. The van der Waals surface area contributed by atoms with Crippen LogP contribution in [0.1, 0.15) is 57.3 Å². The van der Waals surface area contributed by atoms with E-state index >= 15 is 0 Å². The van der Waals surface area contributed by atoms with Crippen LogP contribution in [-0.4, -0.2) is 30.8 Å². The van der Waals surface area contributed by atoms with Gasteiger partial charge in [0.1, 0.15) is 11.7 Å². The summed E-state index contributed by atoms with van der Waals surface area (Å²) in [7, 11) is 0. The summed E-state index contributed by atoms with van der Waals surface area (Å²) >= 11 is 6.09. The molecule has 174 valence electrons. The molecule has 1 aliphatic heterocycles. The highest BCUT2D eigenvalue weighted by Gasteiger charge is 2.66. The Hall–Kier alpha value is -2.81. The fourth-order valence-electron chi connectivity index (χ4n) is 4.26. The minimum atomic E-state index is -1.68. The fourth-order valence-corrected chi connectivity index (χ4v) is 4.38. The third kappa shape index (κ3) is 5.24. The van der Waals surface area contributed by atoms with E-state index in [1.807, 2.05) is 37.3 Å². The first-order valence-corrected chi connectivity index (χ1v) is 11.6. The number of ether oxygens (including phenoxy) is 3. The molecule has 0 N–H and O–H groups in total. The highest BCUT2D eigenvalue weighted by molar-refractivity contribution is 6.30. The van der Waals surface area contributed by atoms with Gasteiger partial charge in [0.05, 0.1) is 13.2 Å². The van der Waals surface area contributed by atoms with Crippen LogP contribution in [0.4, 0.5) is 0 Å². The zero-order chi connectivity index (χ0) is 23.9. The first kappa shape index (κ1) is 24.8. The zero-order valence-electron chi connectivity index (χ0n) is 19.2. The van der Waals surface area contributed by atoms with Gasteiger partial charge in [-0.2, -0.15) is 0 Å². The summed E-state index contributed by atoms with van der Waals surface area (Å²) in [5.74, 6) is 5.10. The summed E-state index contributed by atoms with van der Waals surface area (Å²) in [6, 6.07) is 16.5. The molecule has 0 amide bonds. The Kier molecular flexibility index (Phi) is 8.18. The minimum absolute atomic E-state index is 0.0403. The van der Waals surface area contributed by atoms with Crippen molar-refractivity contribution in [1.29, 1.82) is 0 Å². The minimum Gasteiger partial charge on any atom is -0.465 e. The first-order valence-electron chi connectivity index (χ1n) is 11.3. The number of carbonyl (C=O) groups excluding carboxylic acids is 2. The lowest BCUT2D eigenvalue weighted by molar-refractivity contribution is -0.177. The summed E-state index contributed by atoms with van der Waals surface area (Å²) in [6.07, 6.45) is 0.402. The van der Waals surface area contributed by atoms with E-state index in [0.29, 0.717) is 17.0 Å². The van der Waals surface area contributed by atoms with Gasteiger partial charge in [0, 0.05) is 17.0 Å². The Morgan fingerprint density at radius 2 is 1.61 bits per heavy atom. The van der Waals surface area contributed by atoms with Crippen LogP contribution < -0.4 is 0 Å². The van der Waals surface area contributed by atoms with Crippen molar-refractivity contribution in [2.24, 2.45) is 5.41 Å². The molecule has 0 unspecified atom stereocenters. The molecule has 1 heterocycles. The summed E-state index contributed by atoms with van der Waals surface area (Å²) in [6.45, 7) is 5.69. The lowest BCUT2D eigenvalue weighted by Gasteiger charge is -2.29. The van der Waals surface area contributed by atoms with Gasteiger partial charge in [-0.15, -0.1) is 0 Å². The molecule has 0 spiro atoms. The van der Waals surface area contributed by atoms with Gasteiger partial charge in [0.2, 0.25) is 0 Å². The third-order valence-corrected chi connectivity index (χ3v) is 5.92. The maximum Gasteiger partial charge on any atom is 0.326 e. The number of benzene rings is 2. The van der Waals surface area contributed by atoms with E-state index in [9.17, 15) is 9.59 Å². The Morgan fingerprint density at radius 3 is 2.15 bits per heavy atom. The molecule has 0 radical (unpaired) electrons. The molecule has 3 rings (SSSR count). The van der Waals surface area contributed by atoms with E-state index in [0.717, 1.165) is 12.0 Å². The predicted octanol–water partition coefficient (Wildman–Crippen LogP) is 5.50. The highest BCUT2D eigenvalue weighted by Crippen LogP contribution is 2.55. The topological polar surface area (TPSA) is 61.8 Å². The molecule has 33 heavy (non-hydrogen) atoms. The van der Waals surface area contributed by atoms with Crippen LogP contribution >= 0.6 is 11.6 Å². The van der Waals surface area contributed by atoms with Gasteiger partial charge >= 0.3 is 11.9 Å². The molecular formula is C27H29ClO5. The van der Waals surface area contributed by atoms with Crippen molar-refractivity contribution in [3.05, 3.63) is 70.7 Å². The van der Waals surface area contributed by atoms with Crippen LogP contribution in [0.2, 0.25) is 5.02 Å². The Morgan fingerprint density at radius 1 is 1.00 bits per heavy atom. The van der Waals surface area contributed by atoms with Crippen LogP contribution in [0, 0.1) is 17.3 Å². The maximum atomic E-state index is 13.4. The number of carbonyl (C=O) groups is 2. The maximum absolute atomic E-state index is 13.4. The van der Waals surface area contributed by atoms with E-state index < -0.39 is 29.1 Å². The number of hydrogen-bond acceptors (Lipinski definition) is 5. The molecule has 6 heteroatoms. The van der Waals surface area contributed by atoms with Crippen LogP contribution in [0.3, 0.4) is 0 Å². The Labute approximate surface area is 200 Å². The number of esters is 2. The second-order valence-electron chi connectivity index (χ2n) is 8.00. The number of rotatable bonds is 7. The van der Waals surface area contributed by atoms with E-state index in [1.54, 1.807) is 38.1 Å². The average Bonchev–Trinajstić information content (AvgIpc) is 3.16.